The van der Waals surface area contributed by atoms with Gasteiger partial charge in [-0.15, -0.1) is 10.2 Å². The van der Waals surface area contributed by atoms with Crippen molar-refractivity contribution in [1.29, 1.82) is 0 Å². The highest BCUT2D eigenvalue weighted by atomic mass is 16.5. The van der Waals surface area contributed by atoms with Crippen molar-refractivity contribution in [2.75, 3.05) is 6.61 Å². The van der Waals surface area contributed by atoms with Crippen molar-refractivity contribution in [3.8, 4) is 22.7 Å². The molecule has 1 aliphatic heterocycles. The first-order chi connectivity index (χ1) is 14.0. The predicted molar refractivity (Wildman–Crippen MR) is 100 cm³/mol. The number of rotatable bonds is 4. The first-order valence-electron chi connectivity index (χ1n) is 9.15. The second kappa shape index (κ2) is 7.97. The minimum Gasteiger partial charge on any atom is -0.421 e. The summed E-state index contributed by atoms with van der Waals surface area (Å²) in [5.74, 6) is 0.855. The lowest BCUT2D eigenvalue weighted by molar-refractivity contribution is -0.231. The second-order valence-corrected chi connectivity index (χ2v) is 6.93. The van der Waals surface area contributed by atoms with Crippen LogP contribution in [0.4, 0.5) is 0 Å². The van der Waals surface area contributed by atoms with E-state index in [1.165, 1.54) is 0 Å². The van der Waals surface area contributed by atoms with Crippen molar-refractivity contribution in [3.63, 3.8) is 0 Å². The highest BCUT2D eigenvalue weighted by Crippen LogP contribution is 2.34. The lowest BCUT2D eigenvalue weighted by Gasteiger charge is -2.40. The molecule has 29 heavy (non-hydrogen) atoms. The maximum absolute atomic E-state index is 10.3. The lowest BCUT2D eigenvalue weighted by Crippen LogP contribution is -2.55. The van der Waals surface area contributed by atoms with Gasteiger partial charge in [0.15, 0.2) is 0 Å². The number of benzene rings is 1. The van der Waals surface area contributed by atoms with Gasteiger partial charge in [0.1, 0.15) is 30.5 Å². The van der Waals surface area contributed by atoms with E-state index in [1.807, 2.05) is 12.1 Å². The van der Waals surface area contributed by atoms with Crippen LogP contribution < -0.4 is 0 Å². The van der Waals surface area contributed by atoms with Crippen LogP contribution in [0.2, 0.25) is 0 Å². The molecule has 4 N–H and O–H groups in total. The molecule has 0 spiro atoms. The third-order valence-electron chi connectivity index (χ3n) is 4.94. The highest BCUT2D eigenvalue weighted by Gasteiger charge is 2.43. The van der Waals surface area contributed by atoms with Crippen LogP contribution >= 0.6 is 0 Å². The molecule has 0 amide bonds. The molecule has 1 fully saturated rings. The third-order valence-corrected chi connectivity index (χ3v) is 4.94. The zero-order chi connectivity index (χ0) is 20.5. The van der Waals surface area contributed by atoms with Crippen LogP contribution in [0, 0.1) is 6.92 Å². The zero-order valence-electron chi connectivity index (χ0n) is 15.6. The van der Waals surface area contributed by atoms with Crippen LogP contribution in [0.3, 0.4) is 0 Å². The van der Waals surface area contributed by atoms with Crippen molar-refractivity contribution in [2.24, 2.45) is 0 Å². The van der Waals surface area contributed by atoms with Crippen molar-refractivity contribution in [1.82, 2.24) is 15.2 Å². The second-order valence-electron chi connectivity index (χ2n) is 6.93. The Morgan fingerprint density at radius 1 is 0.966 bits per heavy atom. The summed E-state index contributed by atoms with van der Waals surface area (Å²) in [6, 6.07) is 10.8. The van der Waals surface area contributed by atoms with E-state index in [0.717, 1.165) is 5.56 Å². The highest BCUT2D eigenvalue weighted by molar-refractivity contribution is 5.63. The molecule has 4 rings (SSSR count). The number of pyridine rings is 1. The molecule has 152 valence electrons. The number of aliphatic hydroxyl groups is 4. The van der Waals surface area contributed by atoms with Gasteiger partial charge in [0, 0.05) is 18.7 Å². The van der Waals surface area contributed by atoms with Gasteiger partial charge in [-0.05, 0) is 23.8 Å². The van der Waals surface area contributed by atoms with Gasteiger partial charge in [-0.25, -0.2) is 0 Å². The molecule has 1 aliphatic rings. The van der Waals surface area contributed by atoms with E-state index in [2.05, 4.69) is 15.2 Å². The SMILES string of the molecule is Cc1nnc(-c2ccc(-c3cccc(C4OC(CO)C(O)C(O)C4O)c3)nc2)o1. The van der Waals surface area contributed by atoms with Gasteiger partial charge >= 0.3 is 0 Å². The summed E-state index contributed by atoms with van der Waals surface area (Å²) in [6.07, 6.45) is -4.38. The minimum atomic E-state index is -1.43. The summed E-state index contributed by atoms with van der Waals surface area (Å²) in [6.45, 7) is 1.24. The standard InChI is InChI=1S/C20H21N3O6/c1-10-22-23-20(28-10)13-5-6-14(21-8-13)11-3-2-4-12(7-11)19-18(27)17(26)16(25)15(9-24)29-19/h2-8,15-19,24-27H,9H2,1H3. The third kappa shape index (κ3) is 3.78. The van der Waals surface area contributed by atoms with Crippen LogP contribution in [0.1, 0.15) is 17.6 Å². The Morgan fingerprint density at radius 2 is 1.79 bits per heavy atom. The van der Waals surface area contributed by atoms with Crippen molar-refractivity contribution >= 4 is 0 Å². The summed E-state index contributed by atoms with van der Waals surface area (Å²) in [4.78, 5) is 4.44. The summed E-state index contributed by atoms with van der Waals surface area (Å²) in [7, 11) is 0. The maximum atomic E-state index is 10.3. The van der Waals surface area contributed by atoms with Gasteiger partial charge in [0.2, 0.25) is 11.8 Å². The molecule has 0 bridgehead atoms. The number of aliphatic hydroxyl groups excluding tert-OH is 4. The molecule has 3 heterocycles. The number of hydrogen-bond donors (Lipinski definition) is 4. The van der Waals surface area contributed by atoms with E-state index in [1.54, 1.807) is 37.4 Å². The van der Waals surface area contributed by atoms with Gasteiger partial charge in [-0.3, -0.25) is 4.98 Å². The summed E-state index contributed by atoms with van der Waals surface area (Å²) < 4.78 is 11.0. The van der Waals surface area contributed by atoms with Gasteiger partial charge in [0.05, 0.1) is 17.9 Å². The van der Waals surface area contributed by atoms with Crippen molar-refractivity contribution in [2.45, 2.75) is 37.4 Å². The van der Waals surface area contributed by atoms with Crippen LogP contribution in [0.15, 0.2) is 47.0 Å². The Labute approximate surface area is 166 Å². The number of aromatic nitrogens is 3. The monoisotopic (exact) mass is 399 g/mol. The molecule has 1 aromatic carbocycles. The van der Waals surface area contributed by atoms with E-state index in [-0.39, 0.29) is 0 Å². The summed E-state index contributed by atoms with van der Waals surface area (Å²) in [5, 5.41) is 47.5. The fourth-order valence-corrected chi connectivity index (χ4v) is 3.36. The van der Waals surface area contributed by atoms with Crippen molar-refractivity contribution < 1.29 is 29.6 Å². The Kier molecular flexibility index (Phi) is 5.39. The van der Waals surface area contributed by atoms with Crippen LogP contribution in [0.25, 0.3) is 22.7 Å². The number of aryl methyl sites for hydroxylation is 1. The molecule has 1 saturated heterocycles. The predicted octanol–water partition coefficient (Wildman–Crippen LogP) is 0.622. The molecule has 2 aromatic heterocycles. The van der Waals surface area contributed by atoms with Crippen LogP contribution in [-0.2, 0) is 4.74 Å². The smallest absolute Gasteiger partial charge is 0.249 e. The van der Waals surface area contributed by atoms with E-state index in [0.29, 0.717) is 28.6 Å². The molecule has 5 unspecified atom stereocenters. The molecule has 9 nitrogen and oxygen atoms in total. The quantitative estimate of drug-likeness (QED) is 0.497. The Hall–Kier alpha value is -2.69. The molecular formula is C20H21N3O6. The van der Waals surface area contributed by atoms with E-state index in [4.69, 9.17) is 9.15 Å². The first-order valence-corrected chi connectivity index (χ1v) is 9.15. The van der Waals surface area contributed by atoms with Crippen LogP contribution in [-0.4, -0.2) is 66.6 Å². The molecule has 0 aliphatic carbocycles. The molecular weight excluding hydrogens is 378 g/mol. The molecule has 0 saturated carbocycles. The molecule has 5 atom stereocenters. The minimum absolute atomic E-state index is 0.386. The molecule has 3 aromatic rings. The Bertz CT molecular complexity index is 974. The van der Waals surface area contributed by atoms with E-state index in [9.17, 15) is 20.4 Å². The zero-order valence-corrected chi connectivity index (χ0v) is 15.6. The van der Waals surface area contributed by atoms with Crippen molar-refractivity contribution in [3.05, 3.63) is 54.0 Å². The first kappa shape index (κ1) is 19.6. The Balaban J connectivity index is 1.60. The van der Waals surface area contributed by atoms with E-state index < -0.39 is 37.1 Å². The topological polar surface area (TPSA) is 142 Å². The molecule has 9 heteroatoms. The average Bonchev–Trinajstić information content (AvgIpc) is 3.19. The normalized spacial score (nSPS) is 27.1. The number of nitrogens with zero attached hydrogens (tertiary/aromatic N) is 3. The van der Waals surface area contributed by atoms with E-state index >= 15 is 0 Å². The largest absolute Gasteiger partial charge is 0.421 e. The van der Waals surface area contributed by atoms with Gasteiger partial charge in [-0.2, -0.15) is 0 Å². The number of ether oxygens (including phenoxy) is 1. The fraction of sp³-hybridized carbons (Fsp3) is 0.350. The Morgan fingerprint density at radius 3 is 2.45 bits per heavy atom. The summed E-state index contributed by atoms with van der Waals surface area (Å²) >= 11 is 0. The van der Waals surface area contributed by atoms with Gasteiger partial charge in [-0.1, -0.05) is 18.2 Å². The van der Waals surface area contributed by atoms with Crippen LogP contribution in [0.5, 0.6) is 0 Å². The average molecular weight is 399 g/mol. The van der Waals surface area contributed by atoms with Gasteiger partial charge in [0.25, 0.3) is 0 Å². The molecule has 0 radical (unpaired) electrons. The fourth-order valence-electron chi connectivity index (χ4n) is 3.36. The maximum Gasteiger partial charge on any atom is 0.249 e. The number of hydrogen-bond acceptors (Lipinski definition) is 9. The summed E-state index contributed by atoms with van der Waals surface area (Å²) in [5.41, 5.74) is 2.74. The lowest BCUT2D eigenvalue weighted by atomic mass is 9.90. The van der Waals surface area contributed by atoms with Gasteiger partial charge < -0.3 is 29.6 Å².